The number of carbonyl (C=O) groups excluding carboxylic acids is 2. The Hall–Kier alpha value is -2.55. The minimum atomic E-state index is -4.46. The molecule has 0 aromatic carbocycles. The van der Waals surface area contributed by atoms with Crippen LogP contribution < -0.4 is 5.32 Å². The minimum absolute atomic E-state index is 0.0307. The summed E-state index contributed by atoms with van der Waals surface area (Å²) in [6.07, 6.45) is 74.9. The second-order valence-corrected chi connectivity index (χ2v) is 24.7. The number of esters is 1. The van der Waals surface area contributed by atoms with Crippen molar-refractivity contribution in [3.8, 4) is 0 Å². The molecule has 0 aromatic rings. The fourth-order valence-corrected chi connectivity index (χ4v) is 10.1. The number of hydrogen-bond acceptors (Lipinski definition) is 6. The fourth-order valence-electron chi connectivity index (χ4n) is 9.39. The van der Waals surface area contributed by atoms with Crippen LogP contribution in [0.1, 0.15) is 297 Å². The summed E-state index contributed by atoms with van der Waals surface area (Å²) >= 11 is 0. The molecule has 10 heteroatoms. The number of allylic oxidation sites excluding steroid dienone is 11. The van der Waals surface area contributed by atoms with E-state index in [1.807, 2.05) is 33.3 Å². The van der Waals surface area contributed by atoms with Crippen molar-refractivity contribution >= 4 is 19.7 Å². The molecule has 0 spiro atoms. The molecule has 3 unspecified atom stereocenters. The molecule has 3 atom stereocenters. The molecule has 0 fully saturated rings. The molecule has 0 aliphatic heterocycles. The van der Waals surface area contributed by atoms with Gasteiger partial charge in [0.05, 0.1) is 33.8 Å². The van der Waals surface area contributed by atoms with E-state index in [1.54, 1.807) is 0 Å². The van der Waals surface area contributed by atoms with Crippen LogP contribution in [0.5, 0.6) is 0 Å². The Labute approximate surface area is 483 Å². The van der Waals surface area contributed by atoms with Crippen LogP contribution in [0.2, 0.25) is 0 Å². The van der Waals surface area contributed by atoms with Crippen molar-refractivity contribution in [3.63, 3.8) is 0 Å². The maximum absolute atomic E-state index is 13.6. The molecular formula is C68H126N2O7P+. The van der Waals surface area contributed by atoms with E-state index in [1.165, 1.54) is 180 Å². The number of ether oxygens (including phenoxy) is 1. The van der Waals surface area contributed by atoms with Crippen LogP contribution in [-0.4, -0.2) is 74.3 Å². The molecular weight excluding hydrogens is 988 g/mol. The maximum Gasteiger partial charge on any atom is 0.472 e. The summed E-state index contributed by atoms with van der Waals surface area (Å²) in [6, 6.07) is -0.872. The highest BCUT2D eigenvalue weighted by Crippen LogP contribution is 2.43. The number of nitrogens with one attached hydrogen (secondary N) is 1. The Morgan fingerprint density at radius 1 is 0.462 bits per heavy atom. The van der Waals surface area contributed by atoms with E-state index in [0.717, 1.165) is 77.0 Å². The number of phosphoric acid groups is 1. The van der Waals surface area contributed by atoms with E-state index in [-0.39, 0.29) is 31.5 Å². The molecule has 1 amide bonds. The summed E-state index contributed by atoms with van der Waals surface area (Å²) in [6.45, 7) is 6.89. The van der Waals surface area contributed by atoms with Crippen LogP contribution in [-0.2, 0) is 27.9 Å². The lowest BCUT2D eigenvalue weighted by Crippen LogP contribution is -2.47. The number of unbranched alkanes of at least 4 members (excludes halogenated alkanes) is 33. The van der Waals surface area contributed by atoms with Gasteiger partial charge in [0, 0.05) is 12.8 Å². The van der Waals surface area contributed by atoms with Crippen LogP contribution in [0.15, 0.2) is 72.9 Å². The van der Waals surface area contributed by atoms with Crippen LogP contribution >= 0.6 is 7.82 Å². The largest absolute Gasteiger partial charge is 0.472 e. The summed E-state index contributed by atoms with van der Waals surface area (Å²) in [5.74, 6) is -0.565. The van der Waals surface area contributed by atoms with Crippen LogP contribution in [0, 0.1) is 0 Å². The first-order valence-corrected chi connectivity index (χ1v) is 34.3. The Bertz CT molecular complexity index is 1570. The normalized spacial score (nSPS) is 14.1. The monoisotopic (exact) mass is 1110 g/mol. The molecule has 454 valence electrons. The molecule has 9 nitrogen and oxygen atoms in total. The molecule has 0 saturated carbocycles. The standard InChI is InChI=1S/C68H125N2O7P/c1-7-10-13-16-19-22-25-28-30-32-33-34-35-36-37-39-40-42-45-48-51-54-57-60-67(71)69-65(64-76-78(73,74)75-63-62-70(4,5)6)66(59-56-53-50-47-44-27-24-21-18-15-12-9-3)77-68(72)61-58-55-52-49-46-43-41-38-31-29-26-23-20-17-14-11-8-2/h11,14,20,23,29,31,41,43,49,52,56,59,65-66H,7-10,12-13,15-19,21-22,24-28,30,32-40,42,44-48,50-51,53-55,57-58,60-64H2,1-6H3,(H-,69,71,73,74)/p+1/b14-11-,23-20-,31-29-,43-41-,52-49-,59-56+. The number of quaternary nitrogens is 1. The van der Waals surface area contributed by atoms with Gasteiger partial charge >= 0.3 is 13.8 Å². The topological polar surface area (TPSA) is 111 Å². The molecule has 0 saturated heterocycles. The molecule has 0 rings (SSSR count). The van der Waals surface area contributed by atoms with Crippen LogP contribution in [0.4, 0.5) is 0 Å². The Balaban J connectivity index is 5.20. The highest BCUT2D eigenvalue weighted by molar-refractivity contribution is 7.47. The Kier molecular flexibility index (Phi) is 55.8. The zero-order valence-corrected chi connectivity index (χ0v) is 52.8. The van der Waals surface area contributed by atoms with Crippen LogP contribution in [0.3, 0.4) is 0 Å². The predicted octanol–water partition coefficient (Wildman–Crippen LogP) is 20.4. The Morgan fingerprint density at radius 2 is 0.833 bits per heavy atom. The van der Waals surface area contributed by atoms with E-state index in [2.05, 4.69) is 86.8 Å². The smallest absolute Gasteiger partial charge is 0.456 e. The second kappa shape index (κ2) is 57.7. The minimum Gasteiger partial charge on any atom is -0.456 e. The van der Waals surface area contributed by atoms with E-state index >= 15 is 0 Å². The molecule has 0 bridgehead atoms. The number of nitrogens with zero attached hydrogens (tertiary/aromatic N) is 1. The first kappa shape index (κ1) is 75.5. The highest BCUT2D eigenvalue weighted by Gasteiger charge is 2.30. The molecule has 0 heterocycles. The van der Waals surface area contributed by atoms with E-state index < -0.39 is 20.0 Å². The quantitative estimate of drug-likeness (QED) is 0.0205. The highest BCUT2D eigenvalue weighted by atomic mass is 31.2. The van der Waals surface area contributed by atoms with Gasteiger partial charge in [0.25, 0.3) is 0 Å². The SMILES string of the molecule is CC/C=C\C/C=C\C/C=C\C/C=C\C/C=C\CCCC(=O)OC(/C=C/CCCCCCCCCCCC)C(COP(=O)(O)OCC[N+](C)(C)C)NC(=O)CCCCCCCCCCCCCCCCCCCCCCCCC. The molecule has 2 N–H and O–H groups in total. The fraction of sp³-hybridized carbons (Fsp3) is 0.794. The van der Waals surface area contributed by atoms with Crippen molar-refractivity contribution in [1.82, 2.24) is 5.32 Å². The summed E-state index contributed by atoms with van der Waals surface area (Å²) < 4.78 is 30.7. The summed E-state index contributed by atoms with van der Waals surface area (Å²) in [7, 11) is 1.47. The van der Waals surface area contributed by atoms with Gasteiger partial charge in [0.1, 0.15) is 19.3 Å². The average molecular weight is 1110 g/mol. The Morgan fingerprint density at radius 3 is 1.24 bits per heavy atom. The zero-order valence-electron chi connectivity index (χ0n) is 51.9. The van der Waals surface area contributed by atoms with Crippen molar-refractivity contribution in [2.45, 2.75) is 309 Å². The number of hydrogen-bond donors (Lipinski definition) is 2. The van der Waals surface area contributed by atoms with Crippen molar-refractivity contribution in [2.24, 2.45) is 0 Å². The summed E-state index contributed by atoms with van der Waals surface area (Å²) in [5.41, 5.74) is 0. The number of rotatable bonds is 59. The van der Waals surface area contributed by atoms with Gasteiger partial charge in [-0.05, 0) is 70.3 Å². The van der Waals surface area contributed by atoms with E-state index in [0.29, 0.717) is 23.9 Å². The maximum atomic E-state index is 13.6. The summed E-state index contributed by atoms with van der Waals surface area (Å²) in [5, 5.41) is 3.05. The van der Waals surface area contributed by atoms with Gasteiger partial charge < -0.3 is 19.4 Å². The molecule has 0 aliphatic rings. The number of likely N-dealkylation sites (N-methyl/N-ethyl adjacent to an activating group) is 1. The van der Waals surface area contributed by atoms with Gasteiger partial charge in [-0.1, -0.05) is 287 Å². The molecule has 0 aliphatic carbocycles. The third kappa shape index (κ3) is 58.1. The van der Waals surface area contributed by atoms with E-state index in [4.69, 9.17) is 13.8 Å². The average Bonchev–Trinajstić information content (AvgIpc) is 3.40. The van der Waals surface area contributed by atoms with Gasteiger partial charge in [0.2, 0.25) is 5.91 Å². The summed E-state index contributed by atoms with van der Waals surface area (Å²) in [4.78, 5) is 37.7. The zero-order chi connectivity index (χ0) is 57.2. The third-order valence-corrected chi connectivity index (χ3v) is 15.4. The van der Waals surface area contributed by atoms with Gasteiger partial charge in [-0.3, -0.25) is 18.6 Å². The number of amides is 1. The van der Waals surface area contributed by atoms with Crippen LogP contribution in [0.25, 0.3) is 0 Å². The van der Waals surface area contributed by atoms with Crippen molar-refractivity contribution < 1.29 is 37.3 Å². The first-order chi connectivity index (χ1) is 37.9. The first-order valence-electron chi connectivity index (χ1n) is 32.8. The van der Waals surface area contributed by atoms with Gasteiger partial charge in [0.15, 0.2) is 0 Å². The molecule has 0 radical (unpaired) electrons. The van der Waals surface area contributed by atoms with E-state index in [9.17, 15) is 19.0 Å². The van der Waals surface area contributed by atoms with Gasteiger partial charge in [-0.15, -0.1) is 0 Å². The van der Waals surface area contributed by atoms with Crippen molar-refractivity contribution in [1.29, 1.82) is 0 Å². The van der Waals surface area contributed by atoms with Gasteiger partial charge in [-0.2, -0.15) is 0 Å². The van der Waals surface area contributed by atoms with Gasteiger partial charge in [-0.25, -0.2) is 4.57 Å². The van der Waals surface area contributed by atoms with Crippen molar-refractivity contribution in [3.05, 3.63) is 72.9 Å². The number of phosphoric ester groups is 1. The predicted molar refractivity (Wildman–Crippen MR) is 337 cm³/mol. The third-order valence-electron chi connectivity index (χ3n) is 14.4. The lowest BCUT2D eigenvalue weighted by Gasteiger charge is -2.27. The number of carbonyl (C=O) groups is 2. The van der Waals surface area contributed by atoms with Crippen molar-refractivity contribution in [2.75, 3.05) is 40.9 Å². The second-order valence-electron chi connectivity index (χ2n) is 23.3. The molecule has 78 heavy (non-hydrogen) atoms. The lowest BCUT2D eigenvalue weighted by molar-refractivity contribution is -0.870. The molecule has 0 aromatic heterocycles. The lowest BCUT2D eigenvalue weighted by atomic mass is 10.0.